The number of nitrogens with one attached hydrogen (secondary N) is 1. The highest BCUT2D eigenvalue weighted by atomic mass is 16.5. The highest BCUT2D eigenvalue weighted by molar-refractivity contribution is 6.39. The van der Waals surface area contributed by atoms with Crippen molar-refractivity contribution in [1.29, 1.82) is 0 Å². The van der Waals surface area contributed by atoms with Crippen LogP contribution in [0.15, 0.2) is 78.4 Å². The van der Waals surface area contributed by atoms with Crippen LogP contribution in [0, 0.1) is 0 Å². The molecule has 0 saturated carbocycles. The average Bonchev–Trinajstić information content (AvgIpc) is 2.91. The molecular weight excluding hydrogens is 476 g/mol. The van der Waals surface area contributed by atoms with E-state index in [9.17, 15) is 19.2 Å². The molecule has 3 aromatic carbocycles. The molecule has 188 valence electrons. The van der Waals surface area contributed by atoms with Gasteiger partial charge in [0.2, 0.25) is 0 Å². The monoisotopic (exact) mass is 500 g/mol. The number of hydrogen-bond acceptors (Lipinski definition) is 7. The number of ether oxygens (including phenoxy) is 3. The van der Waals surface area contributed by atoms with E-state index in [4.69, 9.17) is 14.2 Å². The second kappa shape index (κ2) is 11.2. The van der Waals surface area contributed by atoms with Crippen LogP contribution >= 0.6 is 0 Å². The number of carbonyl (C=O) groups is 4. The van der Waals surface area contributed by atoms with E-state index in [2.05, 4.69) is 5.32 Å². The largest absolute Gasteiger partial charge is 0.493 e. The van der Waals surface area contributed by atoms with Crippen LogP contribution in [0.4, 0.5) is 10.5 Å². The Bertz CT molecular complexity index is 1370. The van der Waals surface area contributed by atoms with Crippen LogP contribution in [-0.4, -0.2) is 37.5 Å². The van der Waals surface area contributed by atoms with E-state index in [1.165, 1.54) is 37.5 Å². The topological polar surface area (TPSA) is 111 Å². The number of nitrogens with zero attached hydrogens (tertiary/aromatic N) is 1. The first-order chi connectivity index (χ1) is 17.9. The Hall–Kier alpha value is -4.92. The predicted octanol–water partition coefficient (Wildman–Crippen LogP) is 4.12. The molecule has 0 unspecified atom stereocenters. The summed E-state index contributed by atoms with van der Waals surface area (Å²) in [4.78, 5) is 50.9. The summed E-state index contributed by atoms with van der Waals surface area (Å²) in [5.74, 6) is -1.24. The van der Waals surface area contributed by atoms with Gasteiger partial charge in [0.1, 0.15) is 12.2 Å². The van der Waals surface area contributed by atoms with E-state index in [1.54, 1.807) is 25.1 Å². The molecule has 1 fully saturated rings. The number of hydrogen-bond donors (Lipinski definition) is 1. The molecule has 0 spiro atoms. The third-order valence-corrected chi connectivity index (χ3v) is 5.47. The standard InChI is InChI=1S/C28H24N2O7/c1-3-36-27(33)20-10-12-21(13-11-20)30-26(32)22(25(31)29-28(30)34)15-19-9-14-23(24(16-19)35-2)37-17-18-7-5-4-6-8-18/h4-16H,3,17H2,1-2H3,(H,29,31,34)/b22-15+. The SMILES string of the molecule is CCOC(=O)c1ccc(N2C(=O)NC(=O)/C(=C\c3ccc(OCc4ccccc4)c(OC)c3)C2=O)cc1. The predicted molar refractivity (Wildman–Crippen MR) is 135 cm³/mol. The van der Waals surface area contributed by atoms with Gasteiger partial charge in [0, 0.05) is 0 Å². The molecule has 0 radical (unpaired) electrons. The number of imide groups is 2. The fraction of sp³-hybridized carbons (Fsp3) is 0.143. The van der Waals surface area contributed by atoms with Crippen molar-refractivity contribution in [3.63, 3.8) is 0 Å². The van der Waals surface area contributed by atoms with Crippen LogP contribution in [0.1, 0.15) is 28.4 Å². The van der Waals surface area contributed by atoms with Gasteiger partial charge < -0.3 is 14.2 Å². The van der Waals surface area contributed by atoms with Crippen LogP contribution in [0.25, 0.3) is 6.08 Å². The number of barbiturate groups is 1. The molecule has 9 nitrogen and oxygen atoms in total. The zero-order valence-electron chi connectivity index (χ0n) is 20.2. The molecule has 1 aliphatic rings. The van der Waals surface area contributed by atoms with Crippen molar-refractivity contribution >= 4 is 35.6 Å². The summed E-state index contributed by atoms with van der Waals surface area (Å²) in [7, 11) is 1.49. The number of esters is 1. The van der Waals surface area contributed by atoms with E-state index in [-0.39, 0.29) is 23.4 Å². The molecule has 1 N–H and O–H groups in total. The minimum Gasteiger partial charge on any atom is -0.493 e. The highest BCUT2D eigenvalue weighted by Gasteiger charge is 2.36. The molecule has 4 amide bonds. The molecule has 37 heavy (non-hydrogen) atoms. The van der Waals surface area contributed by atoms with Crippen molar-refractivity contribution in [3.05, 3.63) is 95.1 Å². The number of methoxy groups -OCH3 is 1. The molecule has 0 atom stereocenters. The lowest BCUT2D eigenvalue weighted by atomic mass is 10.1. The highest BCUT2D eigenvalue weighted by Crippen LogP contribution is 2.30. The van der Waals surface area contributed by atoms with Crippen molar-refractivity contribution in [1.82, 2.24) is 5.32 Å². The fourth-order valence-corrected chi connectivity index (χ4v) is 3.65. The lowest BCUT2D eigenvalue weighted by Crippen LogP contribution is -2.54. The fourth-order valence-electron chi connectivity index (χ4n) is 3.65. The number of rotatable bonds is 8. The molecule has 1 heterocycles. The quantitative estimate of drug-likeness (QED) is 0.281. The van der Waals surface area contributed by atoms with Gasteiger partial charge in [-0.1, -0.05) is 36.4 Å². The van der Waals surface area contributed by atoms with E-state index >= 15 is 0 Å². The maximum atomic E-state index is 13.2. The van der Waals surface area contributed by atoms with Crippen molar-refractivity contribution < 1.29 is 33.4 Å². The summed E-state index contributed by atoms with van der Waals surface area (Å²) in [5, 5.41) is 2.18. The smallest absolute Gasteiger partial charge is 0.338 e. The van der Waals surface area contributed by atoms with E-state index in [0.29, 0.717) is 23.7 Å². The minimum atomic E-state index is -0.890. The van der Waals surface area contributed by atoms with Gasteiger partial charge in [-0.3, -0.25) is 14.9 Å². The lowest BCUT2D eigenvalue weighted by Gasteiger charge is -2.26. The van der Waals surface area contributed by atoms with Gasteiger partial charge in [-0.15, -0.1) is 0 Å². The summed E-state index contributed by atoms with van der Waals surface area (Å²) in [6.45, 7) is 2.24. The second-order valence-corrected chi connectivity index (χ2v) is 7.91. The second-order valence-electron chi connectivity index (χ2n) is 7.91. The number of amides is 4. The summed E-state index contributed by atoms with van der Waals surface area (Å²) < 4.78 is 16.2. The van der Waals surface area contributed by atoms with Crippen molar-refractivity contribution in [2.75, 3.05) is 18.6 Å². The van der Waals surface area contributed by atoms with Gasteiger partial charge >= 0.3 is 12.0 Å². The molecule has 0 aromatic heterocycles. The Morgan fingerprint density at radius 2 is 1.68 bits per heavy atom. The lowest BCUT2D eigenvalue weighted by molar-refractivity contribution is -0.122. The van der Waals surface area contributed by atoms with E-state index < -0.39 is 23.8 Å². The van der Waals surface area contributed by atoms with Gasteiger partial charge in [-0.05, 0) is 60.5 Å². The van der Waals surface area contributed by atoms with Crippen LogP contribution in [-0.2, 0) is 20.9 Å². The number of urea groups is 1. The average molecular weight is 501 g/mol. The molecule has 3 aromatic rings. The van der Waals surface area contributed by atoms with Crippen LogP contribution in [0.5, 0.6) is 11.5 Å². The first kappa shape index (κ1) is 25.2. The van der Waals surface area contributed by atoms with Gasteiger partial charge in [0.25, 0.3) is 11.8 Å². The Labute approximate surface area is 213 Å². The maximum absolute atomic E-state index is 13.2. The zero-order chi connectivity index (χ0) is 26.4. The Kier molecular flexibility index (Phi) is 7.63. The van der Waals surface area contributed by atoms with Gasteiger partial charge in [-0.25, -0.2) is 14.5 Å². The van der Waals surface area contributed by atoms with Crippen molar-refractivity contribution in [2.24, 2.45) is 0 Å². The normalized spacial score (nSPS) is 14.4. The third-order valence-electron chi connectivity index (χ3n) is 5.47. The maximum Gasteiger partial charge on any atom is 0.338 e. The van der Waals surface area contributed by atoms with E-state index in [0.717, 1.165) is 10.5 Å². The Balaban J connectivity index is 1.57. The first-order valence-corrected chi connectivity index (χ1v) is 11.4. The summed E-state index contributed by atoms with van der Waals surface area (Å²) in [6.07, 6.45) is 1.37. The first-order valence-electron chi connectivity index (χ1n) is 11.4. The molecule has 9 heteroatoms. The zero-order valence-corrected chi connectivity index (χ0v) is 20.2. The number of anilines is 1. The van der Waals surface area contributed by atoms with Crippen LogP contribution in [0.3, 0.4) is 0 Å². The van der Waals surface area contributed by atoms with Gasteiger partial charge in [0.05, 0.1) is 25.0 Å². The summed E-state index contributed by atoms with van der Waals surface area (Å²) >= 11 is 0. The van der Waals surface area contributed by atoms with Gasteiger partial charge in [-0.2, -0.15) is 0 Å². The Morgan fingerprint density at radius 3 is 2.35 bits per heavy atom. The van der Waals surface area contributed by atoms with Crippen LogP contribution in [0.2, 0.25) is 0 Å². The summed E-state index contributed by atoms with van der Waals surface area (Å²) in [5.41, 5.74) is 1.70. The molecule has 0 aliphatic carbocycles. The van der Waals surface area contributed by atoms with Crippen LogP contribution < -0.4 is 19.7 Å². The minimum absolute atomic E-state index is 0.191. The molecule has 1 aliphatic heterocycles. The molecule has 4 rings (SSSR count). The number of carbonyl (C=O) groups excluding carboxylic acids is 4. The molecular formula is C28H24N2O7. The van der Waals surface area contributed by atoms with Crippen molar-refractivity contribution in [2.45, 2.75) is 13.5 Å². The molecule has 0 bridgehead atoms. The van der Waals surface area contributed by atoms with E-state index in [1.807, 2.05) is 30.3 Å². The summed E-state index contributed by atoms with van der Waals surface area (Å²) in [6, 6.07) is 19.5. The number of benzene rings is 3. The molecule has 1 saturated heterocycles. The van der Waals surface area contributed by atoms with Gasteiger partial charge in [0.15, 0.2) is 11.5 Å². The third kappa shape index (κ3) is 5.67. The van der Waals surface area contributed by atoms with Crippen molar-refractivity contribution in [3.8, 4) is 11.5 Å². The Morgan fingerprint density at radius 1 is 0.946 bits per heavy atom.